The summed E-state index contributed by atoms with van der Waals surface area (Å²) in [5, 5.41) is 5.75. The second kappa shape index (κ2) is 6.00. The Morgan fingerprint density at radius 2 is 2.17 bits per heavy atom. The maximum absolute atomic E-state index is 13.8. The number of halogens is 1. The third kappa shape index (κ3) is 3.27. The molecule has 1 aliphatic heterocycles. The molecule has 2 amide bonds. The van der Waals surface area contributed by atoms with Crippen LogP contribution in [0.4, 0.5) is 14.9 Å². The Hall–Kier alpha value is -1.82. The molecule has 2 N–H and O–H groups in total. The van der Waals surface area contributed by atoms with E-state index in [0.717, 1.165) is 24.8 Å². The average Bonchev–Trinajstić information content (AvgIpc) is 3.25. The number of hydrogen-bond donors (Lipinski definition) is 2. The number of rotatable bonds is 4. The first-order valence-corrected chi connectivity index (χ1v) is 7.98. The number of aryl methyl sites for hydroxylation is 1. The Bertz CT molecular complexity index is 618. The first-order valence-electron chi connectivity index (χ1n) is 7.98. The lowest BCUT2D eigenvalue weighted by molar-refractivity contribution is 0.0597. The quantitative estimate of drug-likeness (QED) is 0.895. The number of carbonyl (C=O) groups is 1. The molecule has 0 bridgehead atoms. The lowest BCUT2D eigenvalue weighted by atomic mass is 9.90. The minimum absolute atomic E-state index is 0.0713. The molecule has 1 aromatic carbocycles. The van der Waals surface area contributed by atoms with Crippen molar-refractivity contribution < 1.29 is 18.7 Å². The molecular formula is C17H23FN2O3. The third-order valence-electron chi connectivity index (χ3n) is 4.74. The molecule has 2 fully saturated rings. The van der Waals surface area contributed by atoms with Gasteiger partial charge in [0.15, 0.2) is 11.6 Å². The lowest BCUT2D eigenvalue weighted by Gasteiger charge is -2.31. The van der Waals surface area contributed by atoms with E-state index in [1.165, 1.54) is 13.2 Å². The van der Waals surface area contributed by atoms with Crippen molar-refractivity contribution in [1.82, 2.24) is 5.32 Å². The average molecular weight is 322 g/mol. The number of methoxy groups -OCH3 is 1. The number of hydrogen-bond acceptors (Lipinski definition) is 3. The zero-order valence-corrected chi connectivity index (χ0v) is 13.7. The van der Waals surface area contributed by atoms with Gasteiger partial charge in [-0.2, -0.15) is 0 Å². The van der Waals surface area contributed by atoms with Gasteiger partial charge >= 0.3 is 6.03 Å². The minimum atomic E-state index is -0.500. The van der Waals surface area contributed by atoms with Crippen LogP contribution in [0.1, 0.15) is 31.7 Å². The van der Waals surface area contributed by atoms with Crippen molar-refractivity contribution in [3.8, 4) is 5.75 Å². The Morgan fingerprint density at radius 1 is 1.43 bits per heavy atom. The van der Waals surface area contributed by atoms with Crippen LogP contribution in [0.25, 0.3) is 0 Å². The largest absolute Gasteiger partial charge is 0.494 e. The van der Waals surface area contributed by atoms with E-state index < -0.39 is 5.82 Å². The molecule has 3 rings (SSSR count). The van der Waals surface area contributed by atoms with E-state index in [2.05, 4.69) is 10.6 Å². The molecule has 0 unspecified atom stereocenters. The summed E-state index contributed by atoms with van der Waals surface area (Å²) in [6.45, 7) is 4.48. The maximum atomic E-state index is 13.8. The van der Waals surface area contributed by atoms with Crippen LogP contribution in [0.5, 0.6) is 5.75 Å². The normalized spacial score (nSPS) is 26.9. The summed E-state index contributed by atoms with van der Waals surface area (Å²) in [7, 11) is 1.41. The Kier molecular flexibility index (Phi) is 4.19. The monoisotopic (exact) mass is 322 g/mol. The zero-order valence-electron chi connectivity index (χ0n) is 13.7. The highest BCUT2D eigenvalue weighted by Gasteiger charge is 2.49. The van der Waals surface area contributed by atoms with E-state index in [4.69, 9.17) is 9.47 Å². The summed E-state index contributed by atoms with van der Waals surface area (Å²) in [6, 6.07) is 2.51. The van der Waals surface area contributed by atoms with E-state index >= 15 is 0 Å². The van der Waals surface area contributed by atoms with Crippen LogP contribution in [-0.4, -0.2) is 31.4 Å². The predicted octanol–water partition coefficient (Wildman–Crippen LogP) is 3.22. The van der Waals surface area contributed by atoms with Crippen LogP contribution in [0, 0.1) is 18.7 Å². The molecular weight excluding hydrogens is 299 g/mol. The van der Waals surface area contributed by atoms with Crippen molar-refractivity contribution in [1.29, 1.82) is 0 Å². The van der Waals surface area contributed by atoms with Crippen LogP contribution >= 0.6 is 0 Å². The topological polar surface area (TPSA) is 59.6 Å². The van der Waals surface area contributed by atoms with E-state index in [1.54, 1.807) is 13.0 Å². The van der Waals surface area contributed by atoms with E-state index in [9.17, 15) is 9.18 Å². The summed E-state index contributed by atoms with van der Waals surface area (Å²) >= 11 is 0. The number of benzene rings is 1. The van der Waals surface area contributed by atoms with Gasteiger partial charge in [0, 0.05) is 18.4 Å². The molecule has 126 valence electrons. The molecule has 6 heteroatoms. The molecule has 1 saturated heterocycles. The Morgan fingerprint density at radius 3 is 2.83 bits per heavy atom. The molecule has 2 aliphatic rings. The van der Waals surface area contributed by atoms with Crippen molar-refractivity contribution in [2.75, 3.05) is 19.0 Å². The van der Waals surface area contributed by atoms with Gasteiger partial charge in [-0.1, -0.05) is 0 Å². The van der Waals surface area contributed by atoms with Gasteiger partial charge in [-0.3, -0.25) is 0 Å². The molecule has 1 aromatic rings. The molecule has 5 nitrogen and oxygen atoms in total. The van der Waals surface area contributed by atoms with Crippen molar-refractivity contribution in [3.63, 3.8) is 0 Å². The first-order chi connectivity index (χ1) is 10.9. The second-order valence-corrected chi connectivity index (χ2v) is 6.68. The van der Waals surface area contributed by atoms with E-state index in [0.29, 0.717) is 18.2 Å². The van der Waals surface area contributed by atoms with Gasteiger partial charge in [-0.25, -0.2) is 9.18 Å². The summed E-state index contributed by atoms with van der Waals surface area (Å²) in [5.74, 6) is 0.209. The minimum Gasteiger partial charge on any atom is -0.494 e. The summed E-state index contributed by atoms with van der Waals surface area (Å²) in [4.78, 5) is 12.3. The van der Waals surface area contributed by atoms with Crippen molar-refractivity contribution in [2.45, 2.75) is 44.8 Å². The highest BCUT2D eigenvalue weighted by molar-refractivity contribution is 5.90. The SMILES string of the molecule is COc1cc(C)c(NC(=O)N[C@@]2(C)CCO[C@@H]2C2CC2)cc1F. The Labute approximate surface area is 135 Å². The van der Waals surface area contributed by atoms with Crippen LogP contribution in [0.15, 0.2) is 12.1 Å². The third-order valence-corrected chi connectivity index (χ3v) is 4.74. The van der Waals surface area contributed by atoms with Gasteiger partial charge in [0.1, 0.15) is 0 Å². The fourth-order valence-electron chi connectivity index (χ4n) is 3.27. The molecule has 1 heterocycles. The first kappa shape index (κ1) is 16.1. The lowest BCUT2D eigenvalue weighted by Crippen LogP contribution is -2.53. The smallest absolute Gasteiger partial charge is 0.319 e. The molecule has 2 atom stereocenters. The van der Waals surface area contributed by atoms with Gasteiger partial charge in [0.25, 0.3) is 0 Å². The number of anilines is 1. The predicted molar refractivity (Wildman–Crippen MR) is 85.3 cm³/mol. The van der Waals surface area contributed by atoms with Gasteiger partial charge in [0.05, 0.1) is 18.8 Å². The molecule has 1 saturated carbocycles. The van der Waals surface area contributed by atoms with Gasteiger partial charge < -0.3 is 20.1 Å². The number of carbonyl (C=O) groups excluding carboxylic acids is 1. The van der Waals surface area contributed by atoms with Gasteiger partial charge in [0.2, 0.25) is 0 Å². The molecule has 0 spiro atoms. The molecule has 0 radical (unpaired) electrons. The number of amides is 2. The maximum Gasteiger partial charge on any atom is 0.319 e. The van der Waals surface area contributed by atoms with Crippen molar-refractivity contribution in [3.05, 3.63) is 23.5 Å². The molecule has 0 aromatic heterocycles. The van der Waals surface area contributed by atoms with Gasteiger partial charge in [-0.05, 0) is 50.7 Å². The summed E-state index contributed by atoms with van der Waals surface area (Å²) in [6.07, 6.45) is 3.18. The summed E-state index contributed by atoms with van der Waals surface area (Å²) < 4.78 is 24.6. The highest BCUT2D eigenvalue weighted by Crippen LogP contribution is 2.43. The van der Waals surface area contributed by atoms with E-state index in [1.807, 2.05) is 6.92 Å². The van der Waals surface area contributed by atoms with Crippen molar-refractivity contribution >= 4 is 11.7 Å². The van der Waals surface area contributed by atoms with Gasteiger partial charge in [-0.15, -0.1) is 0 Å². The fraction of sp³-hybridized carbons (Fsp3) is 0.588. The summed E-state index contributed by atoms with van der Waals surface area (Å²) in [5.41, 5.74) is 0.806. The standard InChI is InChI=1S/C17H23FN2O3/c1-10-8-14(22-3)12(18)9-13(10)19-16(21)20-17(2)6-7-23-15(17)11-4-5-11/h8-9,11,15H,4-7H2,1-3H3,(H2,19,20,21)/t15-,17+/m1/s1. The van der Waals surface area contributed by atoms with Crippen LogP contribution in [0.3, 0.4) is 0 Å². The highest BCUT2D eigenvalue weighted by atomic mass is 19.1. The number of ether oxygens (including phenoxy) is 2. The van der Waals surface area contributed by atoms with Crippen LogP contribution < -0.4 is 15.4 Å². The second-order valence-electron chi connectivity index (χ2n) is 6.68. The number of urea groups is 1. The van der Waals surface area contributed by atoms with Crippen LogP contribution in [-0.2, 0) is 4.74 Å². The fourth-order valence-corrected chi connectivity index (χ4v) is 3.27. The van der Waals surface area contributed by atoms with Crippen LogP contribution in [0.2, 0.25) is 0 Å². The van der Waals surface area contributed by atoms with E-state index in [-0.39, 0.29) is 23.4 Å². The zero-order chi connectivity index (χ0) is 16.6. The Balaban J connectivity index is 1.68. The molecule has 23 heavy (non-hydrogen) atoms. The number of nitrogens with one attached hydrogen (secondary N) is 2. The molecule has 1 aliphatic carbocycles. The van der Waals surface area contributed by atoms with Crippen molar-refractivity contribution in [2.24, 2.45) is 5.92 Å².